The van der Waals surface area contributed by atoms with Gasteiger partial charge in [-0.25, -0.2) is 0 Å². The third kappa shape index (κ3) is 3.65. The van der Waals surface area contributed by atoms with Crippen molar-refractivity contribution in [3.05, 3.63) is 12.1 Å². The molecule has 0 aromatic heterocycles. The van der Waals surface area contributed by atoms with E-state index in [4.69, 9.17) is 29.8 Å². The molecule has 0 fully saturated rings. The largest absolute Gasteiger partial charge is 0.493 e. The molecule has 1 aromatic carbocycles. The Kier molecular flexibility index (Phi) is 5.25. The summed E-state index contributed by atoms with van der Waals surface area (Å²) < 4.78 is 20.7. The summed E-state index contributed by atoms with van der Waals surface area (Å²) in [4.78, 5) is 10.6. The zero-order valence-electron chi connectivity index (χ0n) is 11.0. The monoisotopic (exact) mass is 271 g/mol. The summed E-state index contributed by atoms with van der Waals surface area (Å²) in [7, 11) is 4.44. The van der Waals surface area contributed by atoms with Crippen LogP contribution < -0.4 is 24.7 Å². The second-order valence-corrected chi connectivity index (χ2v) is 3.62. The predicted octanol–water partition coefficient (Wildman–Crippen LogP) is 0.503. The van der Waals surface area contributed by atoms with Crippen LogP contribution in [0.5, 0.6) is 23.0 Å². The number of hydrogen-bond donors (Lipinski definition) is 2. The van der Waals surface area contributed by atoms with Crippen molar-refractivity contribution >= 4 is 5.97 Å². The Morgan fingerprint density at radius 2 is 1.74 bits per heavy atom. The molecule has 0 aliphatic heterocycles. The molecule has 0 amide bonds. The molecule has 1 aromatic rings. The minimum absolute atomic E-state index is 0.159. The van der Waals surface area contributed by atoms with Crippen molar-refractivity contribution in [2.45, 2.75) is 6.04 Å². The third-order valence-electron chi connectivity index (χ3n) is 2.38. The van der Waals surface area contributed by atoms with Crippen LogP contribution in [0.1, 0.15) is 0 Å². The Bertz CT molecular complexity index is 423. The van der Waals surface area contributed by atoms with Gasteiger partial charge in [-0.15, -0.1) is 0 Å². The molecule has 0 saturated carbocycles. The lowest BCUT2D eigenvalue weighted by atomic mass is 10.2. The number of carboxylic acid groups (broad SMARTS) is 1. The van der Waals surface area contributed by atoms with Crippen LogP contribution in [-0.4, -0.2) is 45.1 Å². The first kappa shape index (κ1) is 14.9. The first-order chi connectivity index (χ1) is 9.03. The van der Waals surface area contributed by atoms with Gasteiger partial charge >= 0.3 is 5.97 Å². The molecule has 0 aliphatic rings. The van der Waals surface area contributed by atoms with Gasteiger partial charge in [-0.2, -0.15) is 0 Å². The van der Waals surface area contributed by atoms with Gasteiger partial charge in [0.2, 0.25) is 5.75 Å². The fraction of sp³-hybridized carbons (Fsp3) is 0.417. The smallest absolute Gasteiger partial charge is 0.324 e. The van der Waals surface area contributed by atoms with E-state index >= 15 is 0 Å². The van der Waals surface area contributed by atoms with Crippen LogP contribution in [0, 0.1) is 0 Å². The molecule has 0 heterocycles. The highest BCUT2D eigenvalue weighted by Gasteiger charge is 2.16. The summed E-state index contributed by atoms with van der Waals surface area (Å²) in [6, 6.07) is 2.03. The first-order valence-corrected chi connectivity index (χ1v) is 5.44. The molecule has 0 spiro atoms. The van der Waals surface area contributed by atoms with Crippen molar-refractivity contribution in [2.24, 2.45) is 5.73 Å². The highest BCUT2D eigenvalue weighted by atomic mass is 16.5. The second kappa shape index (κ2) is 6.69. The Hall–Kier alpha value is -2.15. The van der Waals surface area contributed by atoms with Gasteiger partial charge < -0.3 is 29.8 Å². The Morgan fingerprint density at radius 3 is 2.11 bits per heavy atom. The zero-order valence-corrected chi connectivity index (χ0v) is 11.0. The molecule has 19 heavy (non-hydrogen) atoms. The van der Waals surface area contributed by atoms with Gasteiger partial charge in [0.05, 0.1) is 21.3 Å². The number of carboxylic acids is 1. The molecular formula is C12H17NO6. The lowest BCUT2D eigenvalue weighted by molar-refractivity contribution is -0.139. The van der Waals surface area contributed by atoms with E-state index in [9.17, 15) is 4.79 Å². The van der Waals surface area contributed by atoms with E-state index < -0.39 is 12.0 Å². The SMILES string of the molecule is COc1cc(OCC(N)C(=O)O)cc(OC)c1OC. The number of methoxy groups -OCH3 is 3. The van der Waals surface area contributed by atoms with Crippen LogP contribution in [0.15, 0.2) is 12.1 Å². The van der Waals surface area contributed by atoms with Gasteiger partial charge in [-0.3, -0.25) is 4.79 Å². The van der Waals surface area contributed by atoms with Crippen LogP contribution in [0.2, 0.25) is 0 Å². The summed E-state index contributed by atoms with van der Waals surface area (Å²) in [5, 5.41) is 8.67. The second-order valence-electron chi connectivity index (χ2n) is 3.62. The van der Waals surface area contributed by atoms with Gasteiger partial charge in [-0.05, 0) is 0 Å². The molecule has 1 atom stereocenters. The van der Waals surface area contributed by atoms with Crippen LogP contribution >= 0.6 is 0 Å². The molecule has 1 unspecified atom stereocenters. The van der Waals surface area contributed by atoms with E-state index in [-0.39, 0.29) is 6.61 Å². The molecule has 106 valence electrons. The van der Waals surface area contributed by atoms with Crippen LogP contribution in [0.25, 0.3) is 0 Å². The van der Waals surface area contributed by atoms with Crippen molar-refractivity contribution in [2.75, 3.05) is 27.9 Å². The predicted molar refractivity (Wildman–Crippen MR) is 67.2 cm³/mol. The lowest BCUT2D eigenvalue weighted by Gasteiger charge is -2.15. The Balaban J connectivity index is 2.93. The topological polar surface area (TPSA) is 100 Å². The maximum atomic E-state index is 10.6. The molecule has 3 N–H and O–H groups in total. The normalized spacial score (nSPS) is 11.6. The minimum atomic E-state index is -1.13. The van der Waals surface area contributed by atoms with Crippen LogP contribution in [-0.2, 0) is 4.79 Å². The lowest BCUT2D eigenvalue weighted by Crippen LogP contribution is -2.36. The molecule has 0 aliphatic carbocycles. The maximum absolute atomic E-state index is 10.6. The van der Waals surface area contributed by atoms with Crippen molar-refractivity contribution in [1.29, 1.82) is 0 Å². The first-order valence-electron chi connectivity index (χ1n) is 5.44. The van der Waals surface area contributed by atoms with Gasteiger partial charge in [0.25, 0.3) is 0 Å². The van der Waals surface area contributed by atoms with Crippen molar-refractivity contribution in [3.8, 4) is 23.0 Å². The molecular weight excluding hydrogens is 254 g/mol. The van der Waals surface area contributed by atoms with E-state index in [1.165, 1.54) is 21.3 Å². The van der Waals surface area contributed by atoms with E-state index in [0.29, 0.717) is 23.0 Å². The quantitative estimate of drug-likeness (QED) is 0.744. The third-order valence-corrected chi connectivity index (χ3v) is 2.38. The zero-order chi connectivity index (χ0) is 14.4. The summed E-state index contributed by atoms with van der Waals surface area (Å²) in [6.45, 7) is -0.159. The van der Waals surface area contributed by atoms with Gasteiger partial charge in [0, 0.05) is 12.1 Å². The van der Waals surface area contributed by atoms with E-state index in [1.807, 2.05) is 0 Å². The number of benzene rings is 1. The number of rotatable bonds is 7. The van der Waals surface area contributed by atoms with Crippen molar-refractivity contribution in [3.63, 3.8) is 0 Å². The summed E-state index contributed by atoms with van der Waals surface area (Å²) in [5.41, 5.74) is 5.35. The molecule has 7 nitrogen and oxygen atoms in total. The molecule has 7 heteroatoms. The fourth-order valence-electron chi connectivity index (χ4n) is 1.40. The summed E-state index contributed by atoms with van der Waals surface area (Å²) >= 11 is 0. The van der Waals surface area contributed by atoms with E-state index in [0.717, 1.165) is 0 Å². The average molecular weight is 271 g/mol. The number of carbonyl (C=O) groups is 1. The van der Waals surface area contributed by atoms with E-state index in [2.05, 4.69) is 0 Å². The number of ether oxygens (including phenoxy) is 4. The standard InChI is InChI=1S/C12H17NO6/c1-16-9-4-7(19-6-8(13)12(14)15)5-10(17-2)11(9)18-3/h4-5,8H,6,13H2,1-3H3,(H,14,15). The number of hydrogen-bond acceptors (Lipinski definition) is 6. The van der Waals surface area contributed by atoms with Gasteiger partial charge in [0.15, 0.2) is 11.5 Å². The van der Waals surface area contributed by atoms with Crippen molar-refractivity contribution in [1.82, 2.24) is 0 Å². The maximum Gasteiger partial charge on any atom is 0.324 e. The number of nitrogens with two attached hydrogens (primary N) is 1. The minimum Gasteiger partial charge on any atom is -0.493 e. The highest BCUT2D eigenvalue weighted by molar-refractivity contribution is 5.73. The molecule has 0 bridgehead atoms. The number of aliphatic carboxylic acids is 1. The van der Waals surface area contributed by atoms with E-state index in [1.54, 1.807) is 12.1 Å². The van der Waals surface area contributed by atoms with Gasteiger partial charge in [-0.1, -0.05) is 0 Å². The summed E-state index contributed by atoms with van der Waals surface area (Å²) in [6.07, 6.45) is 0. The highest BCUT2D eigenvalue weighted by Crippen LogP contribution is 2.40. The fourth-order valence-corrected chi connectivity index (χ4v) is 1.40. The average Bonchev–Trinajstić information content (AvgIpc) is 2.42. The molecule has 1 rings (SSSR count). The van der Waals surface area contributed by atoms with Crippen LogP contribution in [0.3, 0.4) is 0 Å². The van der Waals surface area contributed by atoms with Crippen LogP contribution in [0.4, 0.5) is 0 Å². The Morgan fingerprint density at radius 1 is 1.21 bits per heavy atom. The van der Waals surface area contributed by atoms with Crippen molar-refractivity contribution < 1.29 is 28.8 Å². The molecule has 0 radical (unpaired) electrons. The Labute approximate surface area is 110 Å². The van der Waals surface area contributed by atoms with Gasteiger partial charge in [0.1, 0.15) is 18.4 Å². The molecule has 0 saturated heterocycles. The summed E-state index contributed by atoms with van der Waals surface area (Å²) in [5.74, 6) is 0.514.